The lowest BCUT2D eigenvalue weighted by Crippen LogP contribution is -2.51. The van der Waals surface area contributed by atoms with Crippen LogP contribution in [-0.4, -0.2) is 41.6 Å². The number of benzene rings is 1. The molecule has 0 aliphatic carbocycles. The summed E-state index contributed by atoms with van der Waals surface area (Å²) in [6.45, 7) is 1.99. The van der Waals surface area contributed by atoms with Gasteiger partial charge < -0.3 is 20.5 Å². The van der Waals surface area contributed by atoms with E-state index in [1.54, 1.807) is 0 Å². The number of carbonyl (C=O) groups is 3. The number of aliphatic carboxylic acids is 1. The van der Waals surface area contributed by atoms with Crippen LogP contribution >= 0.6 is 0 Å². The van der Waals surface area contributed by atoms with E-state index >= 15 is 0 Å². The minimum absolute atomic E-state index is 0.0327. The zero-order chi connectivity index (χ0) is 17.6. The fraction of sp³-hybridized carbons (Fsp3) is 0.471. The molecule has 1 aliphatic heterocycles. The smallest absolute Gasteiger partial charge is 0.305 e. The van der Waals surface area contributed by atoms with Crippen molar-refractivity contribution in [3.63, 3.8) is 0 Å². The lowest BCUT2D eigenvalue weighted by atomic mass is 9.93. The molecule has 1 saturated heterocycles. The molecule has 2 unspecified atom stereocenters. The number of hydrogen-bond donors (Lipinski definition) is 3. The third-order valence-corrected chi connectivity index (χ3v) is 3.97. The number of hydrogen-bond acceptors (Lipinski definition) is 4. The maximum absolute atomic E-state index is 12.4. The molecular weight excluding hydrogens is 312 g/mol. The van der Waals surface area contributed by atoms with Crippen LogP contribution in [0.15, 0.2) is 30.3 Å². The molecule has 1 fully saturated rings. The standard InChI is InChI=1S/C17H22N2O5/c1-12(20)18-14(13-5-3-2-4-6-13)9-15(21)19-17(10-16(22)23)7-8-24-11-17/h2-6,14H,7-11H2,1H3,(H,18,20)(H,19,21)(H,22,23). The van der Waals surface area contributed by atoms with Crippen LogP contribution in [0.25, 0.3) is 0 Å². The highest BCUT2D eigenvalue weighted by atomic mass is 16.5. The van der Waals surface area contributed by atoms with Crippen molar-refractivity contribution in [1.82, 2.24) is 10.6 Å². The molecule has 2 atom stereocenters. The molecule has 0 saturated carbocycles. The Morgan fingerprint density at radius 3 is 2.54 bits per heavy atom. The summed E-state index contributed by atoms with van der Waals surface area (Å²) in [5.74, 6) is -1.53. The molecule has 7 heteroatoms. The predicted octanol–water partition coefficient (Wildman–Crippen LogP) is 1.00. The molecule has 0 bridgehead atoms. The van der Waals surface area contributed by atoms with Crippen molar-refractivity contribution in [2.75, 3.05) is 13.2 Å². The van der Waals surface area contributed by atoms with Gasteiger partial charge in [-0.25, -0.2) is 0 Å². The number of ether oxygens (including phenoxy) is 1. The Hall–Kier alpha value is -2.41. The first-order chi connectivity index (χ1) is 11.4. The lowest BCUT2D eigenvalue weighted by molar-refractivity contribution is -0.139. The fourth-order valence-corrected chi connectivity index (χ4v) is 2.89. The summed E-state index contributed by atoms with van der Waals surface area (Å²) in [6, 6.07) is 8.72. The van der Waals surface area contributed by atoms with Crippen LogP contribution in [0.1, 0.15) is 37.8 Å². The first-order valence-corrected chi connectivity index (χ1v) is 7.83. The van der Waals surface area contributed by atoms with Crippen molar-refractivity contribution >= 4 is 17.8 Å². The van der Waals surface area contributed by atoms with Gasteiger partial charge in [-0.3, -0.25) is 14.4 Å². The Kier molecular flexibility index (Phi) is 5.92. The highest BCUT2D eigenvalue weighted by molar-refractivity contribution is 5.80. The summed E-state index contributed by atoms with van der Waals surface area (Å²) in [5.41, 5.74) is -0.0572. The monoisotopic (exact) mass is 334 g/mol. The van der Waals surface area contributed by atoms with Gasteiger partial charge in [0.15, 0.2) is 0 Å². The van der Waals surface area contributed by atoms with E-state index in [0.717, 1.165) is 5.56 Å². The molecule has 24 heavy (non-hydrogen) atoms. The average Bonchev–Trinajstić information content (AvgIpc) is 2.94. The number of rotatable bonds is 7. The molecule has 0 spiro atoms. The molecule has 1 aromatic rings. The summed E-state index contributed by atoms with van der Waals surface area (Å²) in [5, 5.41) is 14.6. The fourth-order valence-electron chi connectivity index (χ4n) is 2.89. The van der Waals surface area contributed by atoms with E-state index < -0.39 is 17.6 Å². The molecule has 2 rings (SSSR count). The van der Waals surface area contributed by atoms with Gasteiger partial charge in [0.2, 0.25) is 11.8 Å². The van der Waals surface area contributed by atoms with Crippen molar-refractivity contribution < 1.29 is 24.2 Å². The normalized spacial score (nSPS) is 21.0. The van der Waals surface area contributed by atoms with Crippen LogP contribution in [0.4, 0.5) is 0 Å². The molecule has 1 aliphatic rings. The Balaban J connectivity index is 2.06. The predicted molar refractivity (Wildman–Crippen MR) is 86.2 cm³/mol. The van der Waals surface area contributed by atoms with Gasteiger partial charge in [0, 0.05) is 13.5 Å². The van der Waals surface area contributed by atoms with Gasteiger partial charge in [-0.15, -0.1) is 0 Å². The van der Waals surface area contributed by atoms with Crippen molar-refractivity contribution in [2.45, 2.75) is 37.8 Å². The largest absolute Gasteiger partial charge is 0.481 e. The van der Waals surface area contributed by atoms with Gasteiger partial charge in [-0.2, -0.15) is 0 Å². The highest BCUT2D eigenvalue weighted by Gasteiger charge is 2.38. The summed E-state index contributed by atoms with van der Waals surface area (Å²) in [6.07, 6.45) is 0.307. The molecule has 0 aromatic heterocycles. The second-order valence-electron chi connectivity index (χ2n) is 6.07. The van der Waals surface area contributed by atoms with Crippen LogP contribution in [0.2, 0.25) is 0 Å². The zero-order valence-electron chi connectivity index (χ0n) is 13.6. The Labute approximate surface area is 140 Å². The minimum atomic E-state index is -0.984. The van der Waals surface area contributed by atoms with Gasteiger partial charge in [0.1, 0.15) is 0 Å². The van der Waals surface area contributed by atoms with Crippen molar-refractivity contribution in [1.29, 1.82) is 0 Å². The molecular formula is C17H22N2O5. The molecule has 1 heterocycles. The first-order valence-electron chi connectivity index (χ1n) is 7.83. The molecule has 2 amide bonds. The third kappa shape index (κ3) is 5.06. The number of carboxylic acid groups (broad SMARTS) is 1. The van der Waals surface area contributed by atoms with Gasteiger partial charge >= 0.3 is 5.97 Å². The Morgan fingerprint density at radius 1 is 1.29 bits per heavy atom. The van der Waals surface area contributed by atoms with Gasteiger partial charge in [0.25, 0.3) is 0 Å². The van der Waals surface area contributed by atoms with Crippen LogP contribution in [0.3, 0.4) is 0 Å². The molecule has 7 nitrogen and oxygen atoms in total. The topological polar surface area (TPSA) is 105 Å². The minimum Gasteiger partial charge on any atom is -0.481 e. The zero-order valence-corrected chi connectivity index (χ0v) is 13.6. The Bertz CT molecular complexity index is 596. The lowest BCUT2D eigenvalue weighted by Gasteiger charge is -2.28. The summed E-state index contributed by atoms with van der Waals surface area (Å²) in [4.78, 5) is 34.9. The van der Waals surface area contributed by atoms with E-state index in [9.17, 15) is 14.4 Å². The average molecular weight is 334 g/mol. The molecule has 130 valence electrons. The van der Waals surface area contributed by atoms with E-state index in [-0.39, 0.29) is 31.3 Å². The van der Waals surface area contributed by atoms with Crippen LogP contribution in [0.5, 0.6) is 0 Å². The Morgan fingerprint density at radius 2 is 2.00 bits per heavy atom. The summed E-state index contributed by atoms with van der Waals surface area (Å²) in [7, 11) is 0. The maximum atomic E-state index is 12.4. The van der Waals surface area contributed by atoms with Crippen LogP contribution < -0.4 is 10.6 Å². The summed E-state index contributed by atoms with van der Waals surface area (Å²) >= 11 is 0. The van der Waals surface area contributed by atoms with Crippen LogP contribution in [0, 0.1) is 0 Å². The second-order valence-corrected chi connectivity index (χ2v) is 6.07. The number of amides is 2. The number of carboxylic acids is 1. The van der Waals surface area contributed by atoms with E-state index in [2.05, 4.69) is 10.6 Å². The maximum Gasteiger partial charge on any atom is 0.305 e. The van der Waals surface area contributed by atoms with Gasteiger partial charge in [0.05, 0.1) is 31.0 Å². The SMILES string of the molecule is CC(=O)NC(CC(=O)NC1(CC(=O)O)CCOC1)c1ccccc1. The third-order valence-electron chi connectivity index (χ3n) is 3.97. The van der Waals surface area contributed by atoms with E-state index in [1.165, 1.54) is 6.92 Å². The van der Waals surface area contributed by atoms with Gasteiger partial charge in [-0.1, -0.05) is 30.3 Å². The van der Waals surface area contributed by atoms with Crippen LogP contribution in [-0.2, 0) is 19.1 Å². The molecule has 1 aromatic carbocycles. The summed E-state index contributed by atoms with van der Waals surface area (Å²) < 4.78 is 5.27. The van der Waals surface area contributed by atoms with Gasteiger partial charge in [-0.05, 0) is 12.0 Å². The van der Waals surface area contributed by atoms with E-state index in [1.807, 2.05) is 30.3 Å². The van der Waals surface area contributed by atoms with E-state index in [0.29, 0.717) is 13.0 Å². The molecule has 3 N–H and O–H groups in total. The quantitative estimate of drug-likeness (QED) is 0.690. The number of nitrogens with one attached hydrogen (secondary N) is 2. The highest BCUT2D eigenvalue weighted by Crippen LogP contribution is 2.24. The van der Waals surface area contributed by atoms with Crippen molar-refractivity contribution in [3.8, 4) is 0 Å². The number of carbonyl (C=O) groups excluding carboxylic acids is 2. The molecule has 0 radical (unpaired) electrons. The van der Waals surface area contributed by atoms with E-state index in [4.69, 9.17) is 9.84 Å². The first kappa shape index (κ1) is 17.9. The second kappa shape index (κ2) is 7.92. The van der Waals surface area contributed by atoms with Crippen molar-refractivity contribution in [3.05, 3.63) is 35.9 Å². The van der Waals surface area contributed by atoms with Crippen molar-refractivity contribution in [2.24, 2.45) is 0 Å².